The van der Waals surface area contributed by atoms with Crippen molar-refractivity contribution in [2.24, 2.45) is 10.9 Å². The van der Waals surface area contributed by atoms with Gasteiger partial charge in [0.15, 0.2) is 5.96 Å². The second kappa shape index (κ2) is 15.6. The van der Waals surface area contributed by atoms with Crippen LogP contribution >= 0.6 is 24.0 Å². The van der Waals surface area contributed by atoms with Crippen molar-refractivity contribution in [1.29, 1.82) is 0 Å². The van der Waals surface area contributed by atoms with Crippen molar-refractivity contribution in [2.45, 2.75) is 39.2 Å². The minimum atomic E-state index is 0. The number of unbranched alkanes of at least 4 members (excludes halogenated alkanes) is 1. The van der Waals surface area contributed by atoms with Crippen LogP contribution in [0, 0.1) is 5.92 Å². The minimum absolute atomic E-state index is 0. The van der Waals surface area contributed by atoms with Crippen LogP contribution in [0.4, 0.5) is 0 Å². The van der Waals surface area contributed by atoms with Crippen molar-refractivity contribution >= 4 is 29.9 Å². The molecule has 2 saturated heterocycles. The standard InChI is InChI=1S/C21H44N6O.HI/c1-19(2)17-20(27-13-15-28-16-14-27)18-24-21(22-3)23-7-5-6-8-26-11-9-25(4)10-12-26;/h19-20H,5-18H2,1-4H3,(H2,22,23,24);1H. The SMILES string of the molecule is CN=C(NCCCCN1CCN(C)CC1)NCC(CC(C)C)N1CCOCC1.I. The summed E-state index contributed by atoms with van der Waals surface area (Å²) in [5.74, 6) is 1.63. The highest BCUT2D eigenvalue weighted by Crippen LogP contribution is 2.13. The van der Waals surface area contributed by atoms with Crippen molar-refractivity contribution in [3.63, 3.8) is 0 Å². The van der Waals surface area contributed by atoms with Crippen LogP contribution in [0.25, 0.3) is 0 Å². The number of morpholine rings is 1. The van der Waals surface area contributed by atoms with Gasteiger partial charge in [-0.15, -0.1) is 24.0 Å². The number of hydrogen-bond acceptors (Lipinski definition) is 5. The molecule has 2 N–H and O–H groups in total. The lowest BCUT2D eigenvalue weighted by molar-refractivity contribution is 0.0132. The number of aliphatic imine (C=N–C) groups is 1. The van der Waals surface area contributed by atoms with Crippen LogP contribution in [0.2, 0.25) is 0 Å². The molecule has 8 heteroatoms. The Morgan fingerprint density at radius 2 is 1.69 bits per heavy atom. The van der Waals surface area contributed by atoms with Gasteiger partial charge in [0.1, 0.15) is 0 Å². The van der Waals surface area contributed by atoms with E-state index in [2.05, 4.69) is 51.2 Å². The van der Waals surface area contributed by atoms with Gasteiger partial charge in [-0.05, 0) is 38.8 Å². The number of ether oxygens (including phenoxy) is 1. The van der Waals surface area contributed by atoms with E-state index in [-0.39, 0.29) is 24.0 Å². The van der Waals surface area contributed by atoms with Crippen LogP contribution in [0.15, 0.2) is 4.99 Å². The van der Waals surface area contributed by atoms with Gasteiger partial charge in [-0.1, -0.05) is 13.8 Å². The van der Waals surface area contributed by atoms with Crippen LogP contribution in [-0.4, -0.2) is 113 Å². The largest absolute Gasteiger partial charge is 0.379 e. The fourth-order valence-electron chi connectivity index (χ4n) is 4.02. The van der Waals surface area contributed by atoms with E-state index in [4.69, 9.17) is 4.74 Å². The van der Waals surface area contributed by atoms with Gasteiger partial charge in [0.05, 0.1) is 13.2 Å². The average Bonchev–Trinajstić information content (AvgIpc) is 2.70. The second-order valence-corrected chi connectivity index (χ2v) is 8.66. The van der Waals surface area contributed by atoms with E-state index in [1.54, 1.807) is 0 Å². The minimum Gasteiger partial charge on any atom is -0.379 e. The van der Waals surface area contributed by atoms with Gasteiger partial charge in [-0.25, -0.2) is 0 Å². The Hall–Kier alpha value is -0.160. The molecule has 2 aliphatic heterocycles. The van der Waals surface area contributed by atoms with E-state index in [0.29, 0.717) is 12.0 Å². The molecule has 7 nitrogen and oxygen atoms in total. The lowest BCUT2D eigenvalue weighted by atomic mass is 10.0. The predicted molar refractivity (Wildman–Crippen MR) is 134 cm³/mol. The Kier molecular flexibility index (Phi) is 14.5. The fraction of sp³-hybridized carbons (Fsp3) is 0.952. The van der Waals surface area contributed by atoms with E-state index in [1.807, 2.05) is 7.05 Å². The molecule has 2 fully saturated rings. The van der Waals surface area contributed by atoms with Crippen molar-refractivity contribution in [3.8, 4) is 0 Å². The van der Waals surface area contributed by atoms with Gasteiger partial charge in [-0.2, -0.15) is 0 Å². The Morgan fingerprint density at radius 3 is 2.31 bits per heavy atom. The molecule has 0 saturated carbocycles. The van der Waals surface area contributed by atoms with Crippen LogP contribution < -0.4 is 10.6 Å². The maximum absolute atomic E-state index is 5.52. The van der Waals surface area contributed by atoms with E-state index < -0.39 is 0 Å². The summed E-state index contributed by atoms with van der Waals surface area (Å²) in [7, 11) is 4.08. The lowest BCUT2D eigenvalue weighted by Crippen LogP contribution is -2.51. The van der Waals surface area contributed by atoms with Crippen molar-refractivity contribution in [2.75, 3.05) is 86.2 Å². The summed E-state index contributed by atoms with van der Waals surface area (Å²) in [4.78, 5) is 12.0. The Balaban J connectivity index is 0.00000420. The molecule has 29 heavy (non-hydrogen) atoms. The van der Waals surface area contributed by atoms with Crippen LogP contribution in [0.5, 0.6) is 0 Å². The van der Waals surface area contributed by atoms with Gasteiger partial charge < -0.3 is 25.2 Å². The zero-order valence-electron chi connectivity index (χ0n) is 19.2. The summed E-state index contributed by atoms with van der Waals surface area (Å²) in [6, 6.07) is 0.541. The zero-order chi connectivity index (χ0) is 20.2. The summed E-state index contributed by atoms with van der Waals surface area (Å²) in [6.45, 7) is 16.4. The summed E-state index contributed by atoms with van der Waals surface area (Å²) in [6.07, 6.45) is 3.64. The number of rotatable bonds is 10. The first-order valence-electron chi connectivity index (χ1n) is 11.3. The third-order valence-corrected chi connectivity index (χ3v) is 5.82. The van der Waals surface area contributed by atoms with Gasteiger partial charge in [0.25, 0.3) is 0 Å². The number of nitrogens with one attached hydrogen (secondary N) is 2. The summed E-state index contributed by atoms with van der Waals surface area (Å²) >= 11 is 0. The van der Waals surface area contributed by atoms with E-state index >= 15 is 0 Å². The van der Waals surface area contributed by atoms with Crippen LogP contribution in [0.1, 0.15) is 33.1 Å². The number of guanidine groups is 1. The predicted octanol–water partition coefficient (Wildman–Crippen LogP) is 1.54. The molecule has 1 unspecified atom stereocenters. The molecule has 0 aromatic heterocycles. The molecule has 2 aliphatic rings. The Bertz CT molecular complexity index is 437. The molecule has 0 radical (unpaired) electrons. The highest BCUT2D eigenvalue weighted by atomic mass is 127. The number of likely N-dealkylation sites (N-methyl/N-ethyl adjacent to an activating group) is 1. The van der Waals surface area contributed by atoms with Crippen LogP contribution in [-0.2, 0) is 4.74 Å². The molecule has 0 aromatic rings. The van der Waals surface area contributed by atoms with Crippen LogP contribution in [0.3, 0.4) is 0 Å². The topological polar surface area (TPSA) is 55.4 Å². The number of nitrogens with zero attached hydrogens (tertiary/aromatic N) is 4. The maximum Gasteiger partial charge on any atom is 0.191 e. The van der Waals surface area contributed by atoms with Gasteiger partial charge >= 0.3 is 0 Å². The van der Waals surface area contributed by atoms with Crippen molar-refractivity contribution in [3.05, 3.63) is 0 Å². The third kappa shape index (κ3) is 11.1. The van der Waals surface area contributed by atoms with Gasteiger partial charge in [0.2, 0.25) is 0 Å². The first-order chi connectivity index (χ1) is 13.6. The smallest absolute Gasteiger partial charge is 0.191 e. The number of hydrogen-bond donors (Lipinski definition) is 2. The summed E-state index contributed by atoms with van der Waals surface area (Å²) in [5.41, 5.74) is 0. The molecular formula is C21H45IN6O. The molecule has 0 aromatic carbocycles. The molecule has 0 aliphatic carbocycles. The van der Waals surface area contributed by atoms with E-state index in [0.717, 1.165) is 45.4 Å². The second-order valence-electron chi connectivity index (χ2n) is 8.66. The highest BCUT2D eigenvalue weighted by Gasteiger charge is 2.22. The van der Waals surface area contributed by atoms with E-state index in [1.165, 1.54) is 52.0 Å². The monoisotopic (exact) mass is 524 g/mol. The highest BCUT2D eigenvalue weighted by molar-refractivity contribution is 14.0. The Labute approximate surface area is 196 Å². The van der Waals surface area contributed by atoms with E-state index in [9.17, 15) is 0 Å². The summed E-state index contributed by atoms with van der Waals surface area (Å²) < 4.78 is 5.52. The average molecular weight is 525 g/mol. The quantitative estimate of drug-likeness (QED) is 0.196. The van der Waals surface area contributed by atoms with Crippen molar-refractivity contribution in [1.82, 2.24) is 25.3 Å². The Morgan fingerprint density at radius 1 is 1.00 bits per heavy atom. The zero-order valence-corrected chi connectivity index (χ0v) is 21.5. The summed E-state index contributed by atoms with van der Waals surface area (Å²) in [5, 5.41) is 7.05. The van der Waals surface area contributed by atoms with Crippen molar-refractivity contribution < 1.29 is 4.74 Å². The first-order valence-corrected chi connectivity index (χ1v) is 11.3. The van der Waals surface area contributed by atoms with Gasteiger partial charge in [0, 0.05) is 65.4 Å². The maximum atomic E-state index is 5.52. The molecular weight excluding hydrogens is 479 g/mol. The molecule has 172 valence electrons. The lowest BCUT2D eigenvalue weighted by Gasteiger charge is -2.35. The molecule has 0 bridgehead atoms. The number of piperazine rings is 1. The molecule has 1 atom stereocenters. The first kappa shape index (κ1) is 26.9. The molecule has 2 rings (SSSR count). The third-order valence-electron chi connectivity index (χ3n) is 5.82. The molecule has 2 heterocycles. The molecule has 0 amide bonds. The number of halogens is 1. The fourth-order valence-corrected chi connectivity index (χ4v) is 4.02. The van der Waals surface area contributed by atoms with Gasteiger partial charge in [-0.3, -0.25) is 9.89 Å². The normalized spacial score (nSPS) is 21.1. The molecule has 0 spiro atoms.